The van der Waals surface area contributed by atoms with Crippen LogP contribution in [0.3, 0.4) is 0 Å². The van der Waals surface area contributed by atoms with E-state index in [1.807, 2.05) is 0 Å². The molecule has 0 N–H and O–H groups in total. The van der Waals surface area contributed by atoms with Gasteiger partial charge in [-0.15, -0.1) is 0 Å². The molecule has 15 heavy (non-hydrogen) atoms. The van der Waals surface area contributed by atoms with E-state index in [1.165, 1.54) is 36.8 Å². The Morgan fingerprint density at radius 3 is 2.60 bits per heavy atom. The lowest BCUT2D eigenvalue weighted by molar-refractivity contribution is -0.908. The summed E-state index contributed by atoms with van der Waals surface area (Å²) in [5.74, 6) is 1.02. The van der Waals surface area contributed by atoms with Gasteiger partial charge in [-0.1, -0.05) is 0 Å². The first-order valence-corrected chi connectivity index (χ1v) is 5.52. The fraction of sp³-hybridized carbons (Fsp3) is 0.818. The van der Waals surface area contributed by atoms with Gasteiger partial charge in [0.25, 0.3) is 0 Å². The highest BCUT2D eigenvalue weighted by molar-refractivity contribution is 4.95. The molecule has 2 rings (SSSR count). The van der Waals surface area contributed by atoms with Crippen molar-refractivity contribution in [3.05, 3.63) is 11.8 Å². The number of rotatable bonds is 2. The van der Waals surface area contributed by atoms with Crippen molar-refractivity contribution in [3.63, 3.8) is 0 Å². The minimum absolute atomic E-state index is 0. The maximum absolute atomic E-state index is 5.32. The number of ether oxygens (including phenoxy) is 2. The highest BCUT2D eigenvalue weighted by Gasteiger charge is 2.23. The molecule has 3 nitrogen and oxygen atoms in total. The van der Waals surface area contributed by atoms with Crippen molar-refractivity contribution < 1.29 is 37.9 Å². The minimum Gasteiger partial charge on any atom is -1.00 e. The summed E-state index contributed by atoms with van der Waals surface area (Å²) in [4.78, 5) is 0. The minimum atomic E-state index is 0. The molecule has 0 aromatic heterocycles. The van der Waals surface area contributed by atoms with Gasteiger partial charge in [-0.25, -0.2) is 0 Å². The van der Waals surface area contributed by atoms with Crippen molar-refractivity contribution in [1.82, 2.24) is 0 Å². The maximum Gasteiger partial charge on any atom is 0.189 e. The Balaban J connectivity index is 0.00000112. The van der Waals surface area contributed by atoms with Gasteiger partial charge >= 0.3 is 0 Å². The summed E-state index contributed by atoms with van der Waals surface area (Å²) in [6, 6.07) is 0. The van der Waals surface area contributed by atoms with Gasteiger partial charge in [-0.2, -0.15) is 0 Å². The molecule has 2 saturated heterocycles. The van der Waals surface area contributed by atoms with Gasteiger partial charge in [-0.05, 0) is 19.3 Å². The SMILES string of the molecule is C[N+]1(C/C=C2/COCO2)CCCCC1.[I-]. The lowest BCUT2D eigenvalue weighted by Gasteiger charge is -2.36. The molecule has 4 heteroatoms. The Morgan fingerprint density at radius 1 is 1.27 bits per heavy atom. The van der Waals surface area contributed by atoms with E-state index < -0.39 is 0 Å². The second-order valence-corrected chi connectivity index (χ2v) is 4.59. The van der Waals surface area contributed by atoms with E-state index in [9.17, 15) is 0 Å². The molecule has 0 atom stereocenters. The van der Waals surface area contributed by atoms with Crippen LogP contribution in [0.25, 0.3) is 0 Å². The first kappa shape index (κ1) is 13.3. The van der Waals surface area contributed by atoms with Crippen LogP contribution in [0.4, 0.5) is 0 Å². The zero-order valence-corrected chi connectivity index (χ0v) is 11.5. The van der Waals surface area contributed by atoms with Crippen LogP contribution in [0.1, 0.15) is 19.3 Å². The Morgan fingerprint density at radius 2 is 2.00 bits per heavy atom. The van der Waals surface area contributed by atoms with E-state index >= 15 is 0 Å². The smallest absolute Gasteiger partial charge is 0.189 e. The predicted octanol–water partition coefficient (Wildman–Crippen LogP) is -1.49. The molecule has 2 aliphatic heterocycles. The quantitative estimate of drug-likeness (QED) is 0.455. The van der Waals surface area contributed by atoms with Gasteiger partial charge in [0, 0.05) is 6.08 Å². The Labute approximate surface area is 109 Å². The van der Waals surface area contributed by atoms with Crippen molar-refractivity contribution in [2.24, 2.45) is 0 Å². The van der Waals surface area contributed by atoms with Crippen LogP contribution in [0.2, 0.25) is 0 Å². The number of likely N-dealkylation sites (N-methyl/N-ethyl adjacent to an activating group) is 1. The number of likely N-dealkylation sites (tertiary alicyclic amines) is 1. The van der Waals surface area contributed by atoms with Crippen molar-refractivity contribution in [2.75, 3.05) is 40.1 Å². The third-order valence-corrected chi connectivity index (χ3v) is 3.23. The first-order chi connectivity index (χ1) is 6.79. The lowest BCUT2D eigenvalue weighted by Crippen LogP contribution is -3.00. The second-order valence-electron chi connectivity index (χ2n) is 4.59. The molecule has 2 aliphatic rings. The molecular formula is C11H20INO2. The zero-order valence-electron chi connectivity index (χ0n) is 9.38. The van der Waals surface area contributed by atoms with E-state index in [4.69, 9.17) is 9.47 Å². The van der Waals surface area contributed by atoms with Crippen LogP contribution in [0, 0.1) is 0 Å². The third kappa shape index (κ3) is 3.92. The Bertz CT molecular complexity index is 217. The number of nitrogens with zero attached hydrogens (tertiary/aromatic N) is 1. The standard InChI is InChI=1S/C11H20NO2.HI/c1-12(6-3-2-4-7-12)8-5-11-9-13-10-14-11;/h5H,2-4,6-10H2,1H3;1H/q+1;/p-1/b11-5-;. The lowest BCUT2D eigenvalue weighted by atomic mass is 10.1. The van der Waals surface area contributed by atoms with E-state index in [-0.39, 0.29) is 24.0 Å². The molecule has 0 aromatic rings. The number of quaternary nitrogens is 1. The van der Waals surface area contributed by atoms with Gasteiger partial charge in [-0.3, -0.25) is 0 Å². The number of hydrogen-bond acceptors (Lipinski definition) is 2. The predicted molar refractivity (Wildman–Crippen MR) is 54.6 cm³/mol. The first-order valence-electron chi connectivity index (χ1n) is 5.52. The summed E-state index contributed by atoms with van der Waals surface area (Å²) in [7, 11) is 2.34. The molecule has 0 spiro atoms. The van der Waals surface area contributed by atoms with Crippen molar-refractivity contribution in [1.29, 1.82) is 0 Å². The summed E-state index contributed by atoms with van der Waals surface area (Å²) in [6.45, 7) is 4.82. The normalized spacial score (nSPS) is 27.1. The summed E-state index contributed by atoms with van der Waals surface area (Å²) >= 11 is 0. The monoisotopic (exact) mass is 325 g/mol. The van der Waals surface area contributed by atoms with Gasteiger partial charge < -0.3 is 37.9 Å². The molecule has 0 radical (unpaired) electrons. The molecule has 0 aromatic carbocycles. The van der Waals surface area contributed by atoms with Crippen LogP contribution in [-0.4, -0.2) is 44.6 Å². The summed E-state index contributed by atoms with van der Waals surface area (Å²) in [5, 5.41) is 0. The fourth-order valence-electron chi connectivity index (χ4n) is 2.20. The highest BCUT2D eigenvalue weighted by Crippen LogP contribution is 2.17. The summed E-state index contributed by atoms with van der Waals surface area (Å²) in [5.41, 5.74) is 0. The molecule has 0 saturated carbocycles. The zero-order chi connectivity index (χ0) is 9.86. The molecule has 0 unspecified atom stereocenters. The van der Waals surface area contributed by atoms with E-state index in [0.717, 1.165) is 12.3 Å². The van der Waals surface area contributed by atoms with Crippen LogP contribution in [0.5, 0.6) is 0 Å². The van der Waals surface area contributed by atoms with Gasteiger partial charge in [0.1, 0.15) is 18.9 Å². The third-order valence-electron chi connectivity index (χ3n) is 3.23. The van der Waals surface area contributed by atoms with Gasteiger partial charge in [0.05, 0.1) is 20.1 Å². The van der Waals surface area contributed by atoms with Crippen LogP contribution in [0.15, 0.2) is 11.8 Å². The largest absolute Gasteiger partial charge is 1.00 e. The molecular weight excluding hydrogens is 305 g/mol. The van der Waals surface area contributed by atoms with E-state index in [2.05, 4.69) is 13.1 Å². The molecule has 0 bridgehead atoms. The Kier molecular flexibility index (Phi) is 5.35. The Hall–Kier alpha value is 0.190. The fourth-order valence-corrected chi connectivity index (χ4v) is 2.20. The second kappa shape index (κ2) is 6.06. The van der Waals surface area contributed by atoms with E-state index in [0.29, 0.717) is 13.4 Å². The highest BCUT2D eigenvalue weighted by atomic mass is 127. The van der Waals surface area contributed by atoms with Crippen molar-refractivity contribution in [3.8, 4) is 0 Å². The molecule has 2 fully saturated rings. The molecule has 0 aliphatic carbocycles. The molecule has 88 valence electrons. The number of piperidine rings is 1. The summed E-state index contributed by atoms with van der Waals surface area (Å²) < 4.78 is 11.6. The maximum atomic E-state index is 5.32. The van der Waals surface area contributed by atoms with E-state index in [1.54, 1.807) is 0 Å². The van der Waals surface area contributed by atoms with Gasteiger partial charge in [0.2, 0.25) is 0 Å². The van der Waals surface area contributed by atoms with Crippen LogP contribution in [-0.2, 0) is 9.47 Å². The van der Waals surface area contributed by atoms with Crippen LogP contribution >= 0.6 is 0 Å². The molecule has 0 amide bonds. The topological polar surface area (TPSA) is 18.5 Å². The average Bonchev–Trinajstić information content (AvgIpc) is 2.69. The average molecular weight is 325 g/mol. The van der Waals surface area contributed by atoms with Crippen molar-refractivity contribution in [2.45, 2.75) is 19.3 Å². The number of halogens is 1. The number of hydrogen-bond donors (Lipinski definition) is 0. The summed E-state index contributed by atoms with van der Waals surface area (Å²) in [6.07, 6.45) is 6.36. The van der Waals surface area contributed by atoms with Gasteiger partial charge in [0.15, 0.2) is 6.79 Å². The van der Waals surface area contributed by atoms with Crippen molar-refractivity contribution >= 4 is 0 Å². The van der Waals surface area contributed by atoms with Crippen LogP contribution < -0.4 is 24.0 Å². The molecule has 2 heterocycles.